The molecule has 0 aromatic rings. The number of carbonyl (C=O) groups excluding carboxylic acids is 1. The zero-order chi connectivity index (χ0) is 28.3. The van der Waals surface area contributed by atoms with Crippen molar-refractivity contribution in [1.29, 1.82) is 0 Å². The molecule has 0 saturated carbocycles. The molecule has 0 amide bonds. The second kappa shape index (κ2) is 28.9. The summed E-state index contributed by atoms with van der Waals surface area (Å²) in [5.74, 6) is -0.456. The summed E-state index contributed by atoms with van der Waals surface area (Å²) < 4.78 is 0. The van der Waals surface area contributed by atoms with Gasteiger partial charge in [-0.1, -0.05) is 195 Å². The van der Waals surface area contributed by atoms with E-state index in [9.17, 15) is 9.90 Å². The molecule has 0 fully saturated rings. The summed E-state index contributed by atoms with van der Waals surface area (Å²) in [5.41, 5.74) is -0.657. The van der Waals surface area contributed by atoms with Crippen molar-refractivity contribution in [3.8, 4) is 0 Å². The summed E-state index contributed by atoms with van der Waals surface area (Å²) in [4.78, 5) is 12.5. The Kier molecular flexibility index (Phi) is 30.1. The Morgan fingerprint density at radius 3 is 1.08 bits per heavy atom. The molecule has 0 radical (unpaired) electrons. The van der Waals surface area contributed by atoms with Crippen molar-refractivity contribution in [1.82, 2.24) is 6.15 Å². The van der Waals surface area contributed by atoms with Gasteiger partial charge in [0, 0.05) is 11.4 Å². The van der Waals surface area contributed by atoms with Gasteiger partial charge in [-0.3, -0.25) is 0 Å². The first-order valence-electron chi connectivity index (χ1n) is 17.6. The minimum absolute atomic E-state index is 0. The van der Waals surface area contributed by atoms with Crippen LogP contribution in [0.5, 0.6) is 0 Å². The molecule has 0 aromatic heterocycles. The van der Waals surface area contributed by atoms with E-state index in [0.717, 1.165) is 19.3 Å². The van der Waals surface area contributed by atoms with Crippen molar-refractivity contribution in [2.75, 3.05) is 0 Å². The molecule has 0 aliphatic carbocycles. The van der Waals surface area contributed by atoms with Crippen molar-refractivity contribution in [3.05, 3.63) is 0 Å². The van der Waals surface area contributed by atoms with Crippen LogP contribution in [0, 0.1) is 17.3 Å². The lowest BCUT2D eigenvalue weighted by Gasteiger charge is -2.44. The van der Waals surface area contributed by atoms with Gasteiger partial charge in [0.25, 0.3) is 0 Å². The van der Waals surface area contributed by atoms with E-state index in [2.05, 4.69) is 34.6 Å². The highest BCUT2D eigenvalue weighted by atomic mass is 16.4. The van der Waals surface area contributed by atoms with Gasteiger partial charge in [-0.2, -0.15) is 0 Å². The zero-order valence-corrected chi connectivity index (χ0v) is 28.1. The van der Waals surface area contributed by atoms with Gasteiger partial charge in [0.1, 0.15) is 0 Å². The van der Waals surface area contributed by atoms with Crippen LogP contribution in [-0.2, 0) is 4.79 Å². The van der Waals surface area contributed by atoms with Gasteiger partial charge in [0.05, 0.1) is 0 Å². The van der Waals surface area contributed by atoms with E-state index < -0.39 is 11.4 Å². The molecule has 3 nitrogen and oxygen atoms in total. The first-order valence-corrected chi connectivity index (χ1v) is 17.6. The Morgan fingerprint density at radius 2 is 0.795 bits per heavy atom. The molecular formula is C36H75NO2. The van der Waals surface area contributed by atoms with Crippen molar-refractivity contribution < 1.29 is 9.90 Å². The van der Waals surface area contributed by atoms with E-state index in [4.69, 9.17) is 0 Å². The van der Waals surface area contributed by atoms with Crippen molar-refractivity contribution in [2.45, 2.75) is 208 Å². The fourth-order valence-corrected chi connectivity index (χ4v) is 6.63. The van der Waals surface area contributed by atoms with Crippen molar-refractivity contribution >= 4 is 5.97 Å². The fourth-order valence-electron chi connectivity index (χ4n) is 6.63. The number of rotatable bonds is 30. The fraction of sp³-hybridized carbons (Fsp3) is 0.972. The number of unbranched alkanes of at least 4 members (excludes halogenated alkanes) is 23. The normalized spacial score (nSPS) is 13.8. The van der Waals surface area contributed by atoms with Crippen molar-refractivity contribution in [3.63, 3.8) is 0 Å². The van der Waals surface area contributed by atoms with E-state index in [1.807, 2.05) is 0 Å². The molecule has 0 aliphatic heterocycles. The number of hydrogen-bond acceptors (Lipinski definition) is 2. The van der Waals surface area contributed by atoms with Gasteiger partial charge >= 0.3 is 0 Å². The molecule has 0 bridgehead atoms. The first kappa shape index (κ1) is 40.6. The van der Waals surface area contributed by atoms with Gasteiger partial charge < -0.3 is 16.1 Å². The average molecular weight is 554 g/mol. The third-order valence-electron chi connectivity index (χ3n) is 9.47. The highest BCUT2D eigenvalue weighted by molar-refractivity contribution is 5.73. The number of aliphatic carboxylic acids is 1. The van der Waals surface area contributed by atoms with Gasteiger partial charge in [0.15, 0.2) is 0 Å². The van der Waals surface area contributed by atoms with Crippen LogP contribution >= 0.6 is 0 Å². The Morgan fingerprint density at radius 1 is 0.513 bits per heavy atom. The lowest BCUT2D eigenvalue weighted by atomic mass is 9.64. The first-order chi connectivity index (χ1) is 18.4. The van der Waals surface area contributed by atoms with Crippen LogP contribution < -0.4 is 11.3 Å². The van der Waals surface area contributed by atoms with Gasteiger partial charge in [-0.25, -0.2) is 0 Å². The summed E-state index contributed by atoms with van der Waals surface area (Å²) >= 11 is 0. The minimum atomic E-state index is -0.794. The molecule has 39 heavy (non-hydrogen) atoms. The largest absolute Gasteiger partial charge is 0.550 e. The standard InChI is InChI=1S/C36H72O2.H3N/c1-6-8-10-12-14-16-18-20-21-23-25-27-29-31-34(5)36(33(3)4,35(37)38)32-30-28-26-24-22-19-17-15-13-11-9-7-2;/h33-34H,6-32H2,1-5H3,(H,37,38);1H3. The number of carboxylic acid groups (broad SMARTS) is 1. The molecule has 0 spiro atoms. The predicted molar refractivity (Wildman–Crippen MR) is 173 cm³/mol. The summed E-state index contributed by atoms with van der Waals surface area (Å²) in [7, 11) is 0. The molecule has 0 saturated heterocycles. The maximum absolute atomic E-state index is 12.5. The lowest BCUT2D eigenvalue weighted by molar-refractivity contribution is -0.325. The van der Waals surface area contributed by atoms with Crippen LogP contribution in [0.1, 0.15) is 208 Å². The molecular weight excluding hydrogens is 478 g/mol. The smallest absolute Gasteiger partial charge is 0.0481 e. The number of carbonyl (C=O) groups is 1. The highest BCUT2D eigenvalue weighted by Gasteiger charge is 2.39. The molecule has 0 rings (SSSR count). The molecule has 3 heteroatoms. The SMILES string of the molecule is CCCCCCCCCCCCCCCC(C)C(CCCCCCCCCCCCCC)(C(=O)[O-])C(C)C.[NH4+]. The Balaban J connectivity index is 0. The van der Waals surface area contributed by atoms with Crippen LogP contribution in [0.2, 0.25) is 0 Å². The summed E-state index contributed by atoms with van der Waals surface area (Å²) in [6, 6.07) is 0. The Hall–Kier alpha value is -0.570. The maximum atomic E-state index is 12.5. The van der Waals surface area contributed by atoms with Crippen LogP contribution in [0.4, 0.5) is 0 Å². The third-order valence-corrected chi connectivity index (χ3v) is 9.47. The molecule has 2 unspecified atom stereocenters. The number of carboxylic acids is 1. The molecule has 0 aromatic carbocycles. The van der Waals surface area contributed by atoms with Crippen molar-refractivity contribution in [2.24, 2.45) is 17.3 Å². The summed E-state index contributed by atoms with van der Waals surface area (Å²) in [6.07, 6.45) is 35.3. The van der Waals surface area contributed by atoms with Gasteiger partial charge in [-0.15, -0.1) is 0 Å². The lowest BCUT2D eigenvalue weighted by Crippen LogP contribution is -2.50. The average Bonchev–Trinajstić information content (AvgIpc) is 2.89. The highest BCUT2D eigenvalue weighted by Crippen LogP contribution is 2.43. The molecule has 0 aliphatic rings. The Bertz CT molecular complexity index is 506. The quantitative estimate of drug-likeness (QED) is 0.0898. The minimum Gasteiger partial charge on any atom is -0.550 e. The number of quaternary nitrogens is 1. The predicted octanol–water partition coefficient (Wildman–Crippen LogP) is 12.0. The van der Waals surface area contributed by atoms with E-state index in [1.54, 1.807) is 0 Å². The molecule has 236 valence electrons. The molecule has 0 heterocycles. The van der Waals surface area contributed by atoms with Gasteiger partial charge in [0.2, 0.25) is 0 Å². The zero-order valence-electron chi connectivity index (χ0n) is 28.1. The van der Waals surface area contributed by atoms with Gasteiger partial charge in [-0.05, 0) is 24.7 Å². The maximum Gasteiger partial charge on any atom is 0.0481 e. The van der Waals surface area contributed by atoms with E-state index >= 15 is 0 Å². The summed E-state index contributed by atoms with van der Waals surface area (Å²) in [5, 5.41) is 12.5. The van der Waals surface area contributed by atoms with E-state index in [0.29, 0.717) is 0 Å². The monoisotopic (exact) mass is 554 g/mol. The second-order valence-electron chi connectivity index (χ2n) is 13.1. The Labute approximate surface area is 247 Å². The van der Waals surface area contributed by atoms with E-state index in [-0.39, 0.29) is 18.0 Å². The third kappa shape index (κ3) is 20.9. The molecule has 4 N–H and O–H groups in total. The molecule has 2 atom stereocenters. The summed E-state index contributed by atoms with van der Waals surface area (Å²) in [6.45, 7) is 11.0. The number of hydrogen-bond donors (Lipinski definition) is 1. The van der Waals surface area contributed by atoms with Crippen LogP contribution in [0.25, 0.3) is 0 Å². The topological polar surface area (TPSA) is 76.6 Å². The second-order valence-corrected chi connectivity index (χ2v) is 13.1. The van der Waals surface area contributed by atoms with Crippen LogP contribution in [-0.4, -0.2) is 5.97 Å². The van der Waals surface area contributed by atoms with E-state index in [1.165, 1.54) is 154 Å². The van der Waals surface area contributed by atoms with Crippen LogP contribution in [0.15, 0.2) is 0 Å². The van der Waals surface area contributed by atoms with Crippen LogP contribution in [0.3, 0.4) is 0 Å².